The Morgan fingerprint density at radius 3 is 2.39 bits per heavy atom. The molecule has 18 heavy (non-hydrogen) atoms. The van der Waals surface area contributed by atoms with Gasteiger partial charge in [-0.05, 0) is 0 Å². The van der Waals surface area contributed by atoms with Crippen LogP contribution < -0.4 is 0 Å². The number of nitrogens with zero attached hydrogens (tertiary/aromatic N) is 1. The van der Waals surface area contributed by atoms with Gasteiger partial charge >= 0.3 is 0 Å². The van der Waals surface area contributed by atoms with Crippen LogP contribution in [-0.2, 0) is 9.84 Å². The average Bonchev–Trinajstić information content (AvgIpc) is 2.26. The molecule has 0 atom stereocenters. The molecule has 0 saturated carbocycles. The van der Waals surface area contributed by atoms with Crippen molar-refractivity contribution in [3.05, 3.63) is 39.9 Å². The molecule has 0 fully saturated rings. The molecule has 0 spiro atoms. The Kier molecular flexibility index (Phi) is 3.99. The predicted molar refractivity (Wildman–Crippen MR) is 66.7 cm³/mol. The second-order valence-corrected chi connectivity index (χ2v) is 7.36. The molecular weight excluding hydrogens is 305 g/mol. The Morgan fingerprint density at radius 2 is 1.94 bits per heavy atom. The number of non-ortho nitro benzene ring substituents is 1. The Hall–Kier alpha value is -1.18. The SMILES string of the molecule is CS(=O)(=O)C(Cl)(Cl)C(=O)c1cccc([N+](=O)[O-])c1. The first kappa shape index (κ1) is 14.9. The summed E-state index contributed by atoms with van der Waals surface area (Å²) in [5, 5.41) is 10.5. The lowest BCUT2D eigenvalue weighted by molar-refractivity contribution is -0.384. The van der Waals surface area contributed by atoms with Crippen molar-refractivity contribution in [3.8, 4) is 0 Å². The molecule has 0 saturated heterocycles. The number of benzene rings is 1. The lowest BCUT2D eigenvalue weighted by Crippen LogP contribution is -2.34. The number of nitro benzene ring substituents is 1. The fraction of sp³-hybridized carbons (Fsp3) is 0.222. The van der Waals surface area contributed by atoms with E-state index in [0.717, 1.165) is 12.1 Å². The molecular formula is C9H7Cl2NO5S. The standard InChI is InChI=1S/C9H7Cl2NO5S/c1-18(16,17)9(10,11)8(13)6-3-2-4-7(5-6)12(14)15/h2-5H,1H3. The number of hydrogen-bond acceptors (Lipinski definition) is 5. The third-order valence-corrected chi connectivity index (χ3v) is 5.19. The molecule has 9 heteroatoms. The molecule has 98 valence electrons. The fourth-order valence-corrected chi connectivity index (χ4v) is 1.77. The second-order valence-electron chi connectivity index (χ2n) is 3.43. The number of ketones is 1. The largest absolute Gasteiger partial charge is 0.290 e. The fourth-order valence-electron chi connectivity index (χ4n) is 1.10. The van der Waals surface area contributed by atoms with E-state index < -0.39 is 24.2 Å². The van der Waals surface area contributed by atoms with Crippen molar-refractivity contribution < 1.29 is 18.1 Å². The van der Waals surface area contributed by atoms with Crippen molar-refractivity contribution in [2.75, 3.05) is 6.26 Å². The molecule has 6 nitrogen and oxygen atoms in total. The zero-order valence-corrected chi connectivity index (χ0v) is 11.3. The quantitative estimate of drug-likeness (QED) is 0.366. The third-order valence-electron chi connectivity index (χ3n) is 2.05. The molecule has 1 aromatic rings. The van der Waals surface area contributed by atoms with E-state index in [4.69, 9.17) is 23.2 Å². The summed E-state index contributed by atoms with van der Waals surface area (Å²) in [6.45, 7) is 0. The molecule has 0 bridgehead atoms. The molecule has 0 aromatic heterocycles. The highest BCUT2D eigenvalue weighted by molar-refractivity contribution is 7.95. The van der Waals surface area contributed by atoms with Crippen LogP contribution in [0.15, 0.2) is 24.3 Å². The van der Waals surface area contributed by atoms with Crippen LogP contribution in [-0.4, -0.2) is 29.0 Å². The van der Waals surface area contributed by atoms with Crippen LogP contribution in [0.5, 0.6) is 0 Å². The minimum absolute atomic E-state index is 0.250. The Morgan fingerprint density at radius 1 is 1.39 bits per heavy atom. The topological polar surface area (TPSA) is 94.3 Å². The zero-order valence-electron chi connectivity index (χ0n) is 8.96. The first-order valence-electron chi connectivity index (χ1n) is 4.44. The number of hydrogen-bond donors (Lipinski definition) is 0. The summed E-state index contributed by atoms with van der Waals surface area (Å²) in [6.07, 6.45) is 0.697. The van der Waals surface area contributed by atoms with Gasteiger partial charge < -0.3 is 0 Å². The van der Waals surface area contributed by atoms with E-state index >= 15 is 0 Å². The zero-order chi connectivity index (χ0) is 14.1. The van der Waals surface area contributed by atoms with E-state index in [9.17, 15) is 23.3 Å². The molecule has 1 aromatic carbocycles. The molecule has 0 radical (unpaired) electrons. The number of sulfone groups is 1. The van der Waals surface area contributed by atoms with Gasteiger partial charge in [-0.15, -0.1) is 0 Å². The number of nitro groups is 1. The van der Waals surface area contributed by atoms with Crippen LogP contribution in [0.3, 0.4) is 0 Å². The van der Waals surface area contributed by atoms with Crippen molar-refractivity contribution in [2.24, 2.45) is 0 Å². The highest BCUT2D eigenvalue weighted by Crippen LogP contribution is 2.32. The first-order chi connectivity index (χ1) is 8.07. The summed E-state index contributed by atoms with van der Waals surface area (Å²) < 4.78 is 19.9. The van der Waals surface area contributed by atoms with Gasteiger partial charge in [-0.3, -0.25) is 14.9 Å². The van der Waals surface area contributed by atoms with Gasteiger partial charge in [-0.1, -0.05) is 35.3 Å². The maximum absolute atomic E-state index is 11.8. The van der Waals surface area contributed by atoms with Crippen molar-refractivity contribution in [3.63, 3.8) is 0 Å². The number of alkyl halides is 2. The van der Waals surface area contributed by atoms with Crippen LogP contribution in [0.2, 0.25) is 0 Å². The summed E-state index contributed by atoms with van der Waals surface area (Å²) in [5.41, 5.74) is -0.613. The normalized spacial score (nSPS) is 12.2. The number of carbonyl (C=O) groups is 1. The summed E-state index contributed by atoms with van der Waals surface area (Å²) >= 11 is 11.0. The first-order valence-corrected chi connectivity index (χ1v) is 7.09. The van der Waals surface area contributed by atoms with Gasteiger partial charge in [0.25, 0.3) is 9.35 Å². The van der Waals surface area contributed by atoms with Crippen LogP contribution >= 0.6 is 23.2 Å². The van der Waals surface area contributed by atoms with E-state index in [0.29, 0.717) is 6.26 Å². The van der Waals surface area contributed by atoms with Crippen LogP contribution in [0.4, 0.5) is 5.69 Å². The minimum Gasteiger partial charge on any atom is -0.290 e. The van der Waals surface area contributed by atoms with Crippen LogP contribution in [0.1, 0.15) is 10.4 Å². The Balaban J connectivity index is 3.28. The van der Waals surface area contributed by atoms with Crippen molar-refractivity contribution in [2.45, 2.75) is 3.67 Å². The monoisotopic (exact) mass is 311 g/mol. The predicted octanol–water partition coefficient (Wildman–Crippen LogP) is 1.95. The molecule has 0 amide bonds. The molecule has 0 unspecified atom stereocenters. The van der Waals surface area contributed by atoms with E-state index in [-0.39, 0.29) is 11.3 Å². The van der Waals surface area contributed by atoms with E-state index in [1.54, 1.807) is 0 Å². The van der Waals surface area contributed by atoms with Gasteiger partial charge in [0.1, 0.15) is 0 Å². The van der Waals surface area contributed by atoms with Gasteiger partial charge in [0.2, 0.25) is 5.78 Å². The van der Waals surface area contributed by atoms with Crippen molar-refractivity contribution >= 4 is 44.5 Å². The molecule has 1 rings (SSSR count). The second kappa shape index (κ2) is 4.83. The summed E-state index contributed by atoms with van der Waals surface area (Å²) in [6, 6.07) is 4.49. The lowest BCUT2D eigenvalue weighted by atomic mass is 10.1. The van der Waals surface area contributed by atoms with Crippen LogP contribution in [0.25, 0.3) is 0 Å². The summed E-state index contributed by atoms with van der Waals surface area (Å²) in [5.74, 6) is -1.13. The minimum atomic E-state index is -4.07. The Bertz CT molecular complexity index is 611. The molecule has 0 aliphatic heterocycles. The summed E-state index contributed by atoms with van der Waals surface area (Å²) in [4.78, 5) is 21.6. The molecule has 0 N–H and O–H groups in total. The maximum Gasteiger partial charge on any atom is 0.280 e. The van der Waals surface area contributed by atoms with Crippen molar-refractivity contribution in [1.29, 1.82) is 0 Å². The molecule has 0 aliphatic carbocycles. The highest BCUT2D eigenvalue weighted by atomic mass is 35.5. The smallest absolute Gasteiger partial charge is 0.280 e. The van der Waals surface area contributed by atoms with Gasteiger partial charge in [-0.2, -0.15) is 0 Å². The summed E-state index contributed by atoms with van der Waals surface area (Å²) in [7, 11) is -4.07. The van der Waals surface area contributed by atoms with Crippen molar-refractivity contribution in [1.82, 2.24) is 0 Å². The van der Waals surface area contributed by atoms with Gasteiger partial charge in [0.05, 0.1) is 4.92 Å². The third kappa shape index (κ3) is 2.80. The average molecular weight is 312 g/mol. The molecule has 0 heterocycles. The number of carbonyl (C=O) groups excluding carboxylic acids is 1. The van der Waals surface area contributed by atoms with E-state index in [1.807, 2.05) is 0 Å². The van der Waals surface area contributed by atoms with Crippen LogP contribution in [0, 0.1) is 10.1 Å². The Labute approximate surface area is 113 Å². The highest BCUT2D eigenvalue weighted by Gasteiger charge is 2.45. The number of rotatable bonds is 4. The maximum atomic E-state index is 11.8. The number of Topliss-reactive ketones (excluding diaryl/α,β-unsaturated/α-hetero) is 1. The molecule has 0 aliphatic rings. The van der Waals surface area contributed by atoms with Gasteiger partial charge in [0, 0.05) is 24.0 Å². The van der Waals surface area contributed by atoms with Gasteiger partial charge in [-0.25, -0.2) is 8.42 Å². The lowest BCUT2D eigenvalue weighted by Gasteiger charge is -2.15. The number of halogens is 2. The van der Waals surface area contributed by atoms with E-state index in [1.165, 1.54) is 12.1 Å². The van der Waals surface area contributed by atoms with Gasteiger partial charge in [0.15, 0.2) is 9.84 Å². The van der Waals surface area contributed by atoms with E-state index in [2.05, 4.69) is 0 Å².